The van der Waals surface area contributed by atoms with Crippen LogP contribution in [0, 0.1) is 0 Å². The Morgan fingerprint density at radius 3 is 2.58 bits per heavy atom. The third kappa shape index (κ3) is 7.48. The highest BCUT2D eigenvalue weighted by molar-refractivity contribution is 8.03. The monoisotopic (exact) mass is 659 g/mol. The number of aromatic nitrogens is 1. The van der Waals surface area contributed by atoms with Crippen molar-refractivity contribution in [2.45, 2.75) is 31.2 Å². The van der Waals surface area contributed by atoms with Gasteiger partial charge in [-0.3, -0.25) is 9.11 Å². The van der Waals surface area contributed by atoms with Crippen molar-refractivity contribution in [1.29, 1.82) is 0 Å². The fourth-order valence-electron chi connectivity index (χ4n) is 4.94. The first-order valence-electron chi connectivity index (χ1n) is 13.4. The van der Waals surface area contributed by atoms with Crippen LogP contribution in [0.3, 0.4) is 0 Å². The number of fused-ring (bicyclic) bond motifs is 4. The zero-order chi connectivity index (χ0) is 30.8. The molecule has 13 heteroatoms. The van der Waals surface area contributed by atoms with E-state index in [1.165, 1.54) is 6.08 Å². The number of ether oxygens (including phenoxy) is 1. The zero-order valence-electron chi connectivity index (χ0n) is 23.5. The van der Waals surface area contributed by atoms with E-state index in [2.05, 4.69) is 34.9 Å². The van der Waals surface area contributed by atoms with Gasteiger partial charge in [0.2, 0.25) is 5.52 Å². The summed E-state index contributed by atoms with van der Waals surface area (Å²) >= 11 is 3.16. The van der Waals surface area contributed by atoms with Crippen LogP contribution in [0.2, 0.25) is 0 Å². The number of thiazole rings is 1. The number of benzene rings is 3. The van der Waals surface area contributed by atoms with Gasteiger partial charge in [-0.1, -0.05) is 60.4 Å². The molecule has 2 N–H and O–H groups in total. The lowest BCUT2D eigenvalue weighted by molar-refractivity contribution is -0.667. The minimum atomic E-state index is -4.27. The fraction of sp³-hybridized carbons (Fsp3) is 0.233. The van der Waals surface area contributed by atoms with Gasteiger partial charge in [-0.25, -0.2) is 0 Å². The molecule has 0 aliphatic carbocycles. The van der Waals surface area contributed by atoms with Crippen molar-refractivity contribution in [3.05, 3.63) is 87.8 Å². The van der Waals surface area contributed by atoms with Crippen LogP contribution in [0.15, 0.2) is 87.7 Å². The second-order valence-corrected chi connectivity index (χ2v) is 14.9. The van der Waals surface area contributed by atoms with E-state index in [0.29, 0.717) is 18.7 Å². The fourth-order valence-corrected chi connectivity index (χ4v) is 8.08. The van der Waals surface area contributed by atoms with Gasteiger partial charge in [-0.2, -0.15) is 21.4 Å². The summed E-state index contributed by atoms with van der Waals surface area (Å²) in [5, 5.41) is 4.73. The van der Waals surface area contributed by atoms with E-state index >= 15 is 0 Å². The summed E-state index contributed by atoms with van der Waals surface area (Å²) in [7, 11) is -6.78. The summed E-state index contributed by atoms with van der Waals surface area (Å²) in [4.78, 5) is 2.95. The number of thioether (sulfide) groups is 1. The molecule has 0 atom stereocenters. The van der Waals surface area contributed by atoms with Gasteiger partial charge >= 0.3 is 0 Å². The minimum Gasteiger partial charge on any atom is -0.497 e. The van der Waals surface area contributed by atoms with Crippen molar-refractivity contribution in [1.82, 2.24) is 0 Å². The highest BCUT2D eigenvalue weighted by atomic mass is 32.2. The van der Waals surface area contributed by atoms with Gasteiger partial charge in [0.25, 0.3) is 25.2 Å². The van der Waals surface area contributed by atoms with Crippen molar-refractivity contribution in [3.8, 4) is 5.75 Å². The number of rotatable bonds is 11. The number of methoxy groups -OCH3 is 1. The normalized spacial score (nSPS) is 15.3. The Morgan fingerprint density at radius 2 is 1.86 bits per heavy atom. The smallest absolute Gasteiger partial charge is 0.287 e. The van der Waals surface area contributed by atoms with Gasteiger partial charge < -0.3 is 9.64 Å². The summed E-state index contributed by atoms with van der Waals surface area (Å²) in [6.45, 7) is 2.66. The number of nitrogens with zero attached hydrogens (tertiary/aromatic N) is 2. The molecule has 3 aromatic carbocycles. The molecule has 0 unspecified atom stereocenters. The average molecular weight is 660 g/mol. The molecule has 0 spiro atoms. The second kappa shape index (κ2) is 12.8. The standard InChI is InChI=1S/C30H30N2O7S4/c1-3-21(18-28-31(14-6-16-42(33,34)35)25-20-23(39-2)11-13-26(25)40-28)19-29-32(15-7-17-43(36,37)38)30-24-9-5-4-8-22(24)10-12-27(30)41-29/h4-6,8-13,16,18-20H,3,7,14-15,17H2,1-2H3,(H-,33,34,35,36,37,38)/p+1. The summed E-state index contributed by atoms with van der Waals surface area (Å²) in [6, 6.07) is 17.9. The lowest BCUT2D eigenvalue weighted by Gasteiger charge is -2.19. The van der Waals surface area contributed by atoms with E-state index in [0.717, 1.165) is 52.6 Å². The van der Waals surface area contributed by atoms with E-state index in [1.54, 1.807) is 30.2 Å². The molecule has 0 saturated carbocycles. The summed E-state index contributed by atoms with van der Waals surface area (Å²) < 4.78 is 72.8. The largest absolute Gasteiger partial charge is 0.497 e. The van der Waals surface area contributed by atoms with Gasteiger partial charge in [-0.15, -0.1) is 0 Å². The van der Waals surface area contributed by atoms with Crippen molar-refractivity contribution >= 4 is 76.1 Å². The molecule has 9 nitrogen and oxygen atoms in total. The van der Waals surface area contributed by atoms with Crippen LogP contribution in [-0.2, 0) is 26.8 Å². The quantitative estimate of drug-likeness (QED) is 0.141. The first kappa shape index (κ1) is 31.2. The number of hydrogen-bond donors (Lipinski definition) is 2. The molecule has 0 fully saturated rings. The van der Waals surface area contributed by atoms with Gasteiger partial charge in [0.1, 0.15) is 10.4 Å². The molecular formula is C30H31N2O7S4+. The van der Waals surface area contributed by atoms with E-state index in [-0.39, 0.29) is 18.7 Å². The Bertz CT molecular complexity index is 2000. The van der Waals surface area contributed by atoms with Crippen molar-refractivity contribution in [2.24, 2.45) is 0 Å². The summed E-state index contributed by atoms with van der Waals surface area (Å²) in [5.41, 5.74) is 2.88. The first-order valence-corrected chi connectivity index (χ1v) is 18.2. The highest BCUT2D eigenvalue weighted by Gasteiger charge is 2.26. The van der Waals surface area contributed by atoms with Gasteiger partial charge in [-0.05, 0) is 47.7 Å². The van der Waals surface area contributed by atoms with Gasteiger partial charge in [0.05, 0.1) is 34.4 Å². The summed E-state index contributed by atoms with van der Waals surface area (Å²) in [6.07, 6.45) is 6.49. The maximum absolute atomic E-state index is 11.5. The SMILES string of the molecule is CCC(=Cc1sc2ccc3ccccc3c2[n+]1CCCS(=O)(=O)O)C=C1Sc2ccc(OC)cc2N1CC=CS(=O)(=O)O. The number of allylic oxidation sites excluding steroid dienone is 2. The zero-order valence-corrected chi connectivity index (χ0v) is 26.8. The topological polar surface area (TPSA) is 125 Å². The van der Waals surface area contributed by atoms with Crippen molar-refractivity contribution in [3.63, 3.8) is 0 Å². The molecule has 4 aromatic rings. The van der Waals surface area contributed by atoms with Crippen LogP contribution in [0.4, 0.5) is 5.69 Å². The molecule has 0 bridgehead atoms. The molecular weight excluding hydrogens is 629 g/mol. The van der Waals surface area contributed by atoms with Crippen LogP contribution >= 0.6 is 23.1 Å². The van der Waals surface area contributed by atoms with Crippen LogP contribution in [-0.4, -0.2) is 45.3 Å². The third-order valence-electron chi connectivity index (χ3n) is 6.92. The second-order valence-electron chi connectivity index (χ2n) is 9.85. The number of aryl methyl sites for hydroxylation is 1. The van der Waals surface area contributed by atoms with Crippen LogP contribution in [0.5, 0.6) is 5.75 Å². The predicted molar refractivity (Wildman–Crippen MR) is 174 cm³/mol. The van der Waals surface area contributed by atoms with Crippen LogP contribution < -0.4 is 14.2 Å². The lowest BCUT2D eigenvalue weighted by Crippen LogP contribution is -2.36. The predicted octanol–water partition coefficient (Wildman–Crippen LogP) is 6.28. The molecule has 43 heavy (non-hydrogen) atoms. The van der Waals surface area contributed by atoms with E-state index in [4.69, 9.17) is 4.74 Å². The Labute approximate surface area is 259 Å². The van der Waals surface area contributed by atoms with Crippen LogP contribution in [0.25, 0.3) is 27.1 Å². The molecule has 1 aliphatic heterocycles. The number of hydrogen-bond acceptors (Lipinski definition) is 8. The first-order chi connectivity index (χ1) is 20.5. The van der Waals surface area contributed by atoms with Gasteiger partial charge in [0.15, 0.2) is 6.54 Å². The third-order valence-corrected chi connectivity index (χ3v) is 10.5. The van der Waals surface area contributed by atoms with Crippen molar-refractivity contribution < 1.29 is 35.2 Å². The lowest BCUT2D eigenvalue weighted by atomic mass is 10.1. The maximum Gasteiger partial charge on any atom is 0.287 e. The molecule has 226 valence electrons. The molecule has 5 rings (SSSR count). The Kier molecular flexibility index (Phi) is 9.30. The van der Waals surface area contributed by atoms with E-state index in [1.807, 2.05) is 48.2 Å². The van der Waals surface area contributed by atoms with Gasteiger partial charge in [0, 0.05) is 30.0 Å². The molecule has 1 aliphatic rings. The van der Waals surface area contributed by atoms with E-state index < -0.39 is 20.2 Å². The molecule has 0 saturated heterocycles. The molecule has 2 heterocycles. The van der Waals surface area contributed by atoms with Crippen molar-refractivity contribution in [2.75, 3.05) is 24.3 Å². The highest BCUT2D eigenvalue weighted by Crippen LogP contribution is 2.48. The molecule has 0 amide bonds. The average Bonchev–Trinajstić information content (AvgIpc) is 3.48. The summed E-state index contributed by atoms with van der Waals surface area (Å²) in [5.74, 6) is 0.333. The molecule has 0 radical (unpaired) electrons. The Hall–Kier alpha value is -3.20. The maximum atomic E-state index is 11.5. The number of anilines is 1. The Morgan fingerprint density at radius 1 is 1.07 bits per heavy atom. The Balaban J connectivity index is 1.59. The minimum absolute atomic E-state index is 0.209. The molecule has 1 aromatic heterocycles. The van der Waals surface area contributed by atoms with Crippen LogP contribution in [0.1, 0.15) is 24.8 Å². The van der Waals surface area contributed by atoms with E-state index in [9.17, 15) is 25.9 Å².